The fourth-order valence-corrected chi connectivity index (χ4v) is 1.54. The summed E-state index contributed by atoms with van der Waals surface area (Å²) in [5, 5.41) is 0. The molecule has 5 nitrogen and oxygen atoms in total. The highest BCUT2D eigenvalue weighted by Crippen LogP contribution is 2.36. The van der Waals surface area contributed by atoms with Gasteiger partial charge in [0, 0.05) is 10.3 Å². The van der Waals surface area contributed by atoms with Gasteiger partial charge in [0.05, 0.1) is 32.3 Å². The van der Waals surface area contributed by atoms with Gasteiger partial charge in [0.1, 0.15) is 0 Å². The lowest BCUT2D eigenvalue weighted by Crippen LogP contribution is -2.41. The molecule has 2 heterocycles. The normalized spacial score (nSPS) is 26.7. The average Bonchev–Trinajstić information content (AvgIpc) is 2.57. The molecule has 1 aliphatic rings. The Kier molecular flexibility index (Phi) is 2.04. The third-order valence-electron chi connectivity index (χ3n) is 3.28. The van der Waals surface area contributed by atoms with E-state index in [1.54, 1.807) is 0 Å². The minimum Gasteiger partial charge on any atom is -0.477 e. The summed E-state index contributed by atoms with van der Waals surface area (Å²) in [4.78, 5) is 7.95. The van der Waals surface area contributed by atoms with Crippen LogP contribution in [-0.4, -0.2) is 34.8 Å². The molecule has 98 valence electrons. The smallest absolute Gasteiger partial charge is 0.477 e. The summed E-state index contributed by atoms with van der Waals surface area (Å²) in [7, 11) is -0.797. The molecule has 0 radical (unpaired) electrons. The van der Waals surface area contributed by atoms with Gasteiger partial charge in [-0.1, -0.05) is 0 Å². The molecule has 0 saturated carbocycles. The Labute approximate surface area is 115 Å². The van der Waals surface area contributed by atoms with Gasteiger partial charge < -0.3 is 14.0 Å². The molecule has 1 aromatic heterocycles. The first-order valence-corrected chi connectivity index (χ1v) is 5.62. The molecule has 0 N–H and O–H groups in total. The second-order valence-electron chi connectivity index (χ2n) is 5.07. The van der Waals surface area contributed by atoms with Gasteiger partial charge in [-0.05, 0) is 34.5 Å². The van der Waals surface area contributed by atoms with Crippen molar-refractivity contribution in [2.24, 2.45) is 0 Å². The van der Waals surface area contributed by atoms with Crippen molar-refractivity contribution < 1.29 is 20.9 Å². The van der Waals surface area contributed by atoms with E-state index in [0.29, 0.717) is 0 Å². The lowest BCUT2D eigenvalue weighted by molar-refractivity contribution is 0.00578. The summed E-state index contributed by atoms with van der Waals surface area (Å²) < 4.78 is 52.9. The Bertz CT molecular complexity index is 578. The molecule has 1 fully saturated rings. The van der Waals surface area contributed by atoms with Crippen LogP contribution in [0.3, 0.4) is 0 Å². The number of ether oxygens (including phenoxy) is 1. The van der Waals surface area contributed by atoms with Crippen molar-refractivity contribution in [2.45, 2.75) is 45.7 Å². The van der Waals surface area contributed by atoms with Gasteiger partial charge in [0.15, 0.2) is 0 Å². The zero-order chi connectivity index (χ0) is 17.7. The summed E-state index contributed by atoms with van der Waals surface area (Å²) >= 11 is 0. The summed E-state index contributed by atoms with van der Waals surface area (Å²) in [5.41, 5.74) is -0.852. The quantitative estimate of drug-likeness (QED) is 0.759. The van der Waals surface area contributed by atoms with Crippen molar-refractivity contribution in [3.05, 3.63) is 12.4 Å². The molecule has 0 bridgehead atoms. The highest BCUT2D eigenvalue weighted by Gasteiger charge is 2.52. The van der Waals surface area contributed by atoms with Crippen molar-refractivity contribution in [3.63, 3.8) is 0 Å². The Morgan fingerprint density at radius 1 is 1.33 bits per heavy atom. The maximum Gasteiger partial charge on any atom is 0.516 e. The molecular formula is C12H19BN2O3. The zero-order valence-corrected chi connectivity index (χ0v) is 10.9. The molecule has 0 aromatic carbocycles. The summed E-state index contributed by atoms with van der Waals surface area (Å²) in [6.07, 6.45) is 2.54. The SMILES string of the molecule is [2H]C([2H])([2H])C([2H])([2H])Oc1cncc(B2OC(C)(C)C(C)(C)O2)n1. The van der Waals surface area contributed by atoms with Gasteiger partial charge in [0.25, 0.3) is 0 Å². The Balaban J connectivity index is 2.22. The minimum absolute atomic E-state index is 0.252. The summed E-state index contributed by atoms with van der Waals surface area (Å²) in [5.74, 6) is -0.252. The van der Waals surface area contributed by atoms with Gasteiger partial charge in [0.2, 0.25) is 5.88 Å². The van der Waals surface area contributed by atoms with Crippen LogP contribution in [-0.2, 0) is 9.31 Å². The summed E-state index contributed by atoms with van der Waals surface area (Å²) in [6, 6.07) is 0. The molecule has 1 aromatic rings. The number of hydrogen-bond acceptors (Lipinski definition) is 5. The first-order valence-electron chi connectivity index (χ1n) is 8.12. The molecule has 1 saturated heterocycles. The van der Waals surface area contributed by atoms with E-state index in [2.05, 4.69) is 9.97 Å². The first-order chi connectivity index (χ1) is 10.3. The van der Waals surface area contributed by atoms with Gasteiger partial charge in [-0.25, -0.2) is 4.98 Å². The van der Waals surface area contributed by atoms with Crippen molar-refractivity contribution >= 4 is 12.7 Å². The second-order valence-corrected chi connectivity index (χ2v) is 5.07. The molecule has 18 heavy (non-hydrogen) atoms. The van der Waals surface area contributed by atoms with Crippen LogP contribution in [0.15, 0.2) is 12.4 Å². The third-order valence-corrected chi connectivity index (χ3v) is 3.28. The Morgan fingerprint density at radius 3 is 2.61 bits per heavy atom. The van der Waals surface area contributed by atoms with E-state index in [-0.39, 0.29) is 11.5 Å². The van der Waals surface area contributed by atoms with Crippen LogP contribution in [0.4, 0.5) is 0 Å². The fraction of sp³-hybridized carbons (Fsp3) is 0.667. The number of hydrogen-bond donors (Lipinski definition) is 0. The van der Waals surface area contributed by atoms with E-state index in [1.807, 2.05) is 27.7 Å². The molecule has 0 spiro atoms. The van der Waals surface area contributed by atoms with Crippen LogP contribution in [0, 0.1) is 0 Å². The fourth-order valence-electron chi connectivity index (χ4n) is 1.54. The molecule has 0 amide bonds. The van der Waals surface area contributed by atoms with Gasteiger partial charge in [-0.3, -0.25) is 4.98 Å². The van der Waals surface area contributed by atoms with Crippen LogP contribution in [0.2, 0.25) is 0 Å². The molecule has 0 aliphatic carbocycles. The number of aromatic nitrogens is 2. The van der Waals surface area contributed by atoms with Crippen LogP contribution in [0.25, 0.3) is 0 Å². The lowest BCUT2D eigenvalue weighted by atomic mass is 9.85. The van der Waals surface area contributed by atoms with E-state index in [9.17, 15) is 0 Å². The molecule has 0 unspecified atom stereocenters. The van der Waals surface area contributed by atoms with Gasteiger partial charge in [-0.2, -0.15) is 0 Å². The van der Waals surface area contributed by atoms with Crippen LogP contribution in [0.5, 0.6) is 5.88 Å². The van der Waals surface area contributed by atoms with Gasteiger partial charge >= 0.3 is 7.12 Å². The molecule has 2 rings (SSSR count). The van der Waals surface area contributed by atoms with E-state index in [0.717, 1.165) is 6.20 Å². The van der Waals surface area contributed by atoms with Crippen LogP contribution < -0.4 is 10.3 Å². The van der Waals surface area contributed by atoms with Crippen molar-refractivity contribution in [3.8, 4) is 5.88 Å². The first kappa shape index (κ1) is 8.12. The van der Waals surface area contributed by atoms with E-state index < -0.39 is 31.7 Å². The van der Waals surface area contributed by atoms with Gasteiger partial charge in [-0.15, -0.1) is 0 Å². The van der Waals surface area contributed by atoms with Crippen molar-refractivity contribution in [2.75, 3.05) is 6.56 Å². The highest BCUT2D eigenvalue weighted by atomic mass is 16.7. The highest BCUT2D eigenvalue weighted by molar-refractivity contribution is 6.61. The molecule has 0 atom stereocenters. The predicted octanol–water partition coefficient (Wildman–Crippen LogP) is 1.17. The molecule has 1 aliphatic heterocycles. The standard InChI is InChI=1S/C12H19BN2O3/c1-6-16-10-8-14-7-9(15-10)13-17-11(2,3)12(4,5)18-13/h7-8H,6H2,1-5H3/i1D3,6D2. The predicted molar refractivity (Wildman–Crippen MR) is 68.9 cm³/mol. The van der Waals surface area contributed by atoms with E-state index in [4.69, 9.17) is 20.9 Å². The van der Waals surface area contributed by atoms with Crippen LogP contribution >= 0.6 is 0 Å². The maximum atomic E-state index is 7.47. The number of nitrogens with zero attached hydrogens (tertiary/aromatic N) is 2. The van der Waals surface area contributed by atoms with Crippen molar-refractivity contribution in [1.29, 1.82) is 0 Å². The van der Waals surface area contributed by atoms with E-state index >= 15 is 0 Å². The third kappa shape index (κ3) is 2.35. The lowest BCUT2D eigenvalue weighted by Gasteiger charge is -2.32. The number of rotatable bonds is 3. The van der Waals surface area contributed by atoms with Crippen molar-refractivity contribution in [1.82, 2.24) is 9.97 Å². The van der Waals surface area contributed by atoms with E-state index in [1.165, 1.54) is 6.20 Å². The maximum absolute atomic E-state index is 7.47. The minimum atomic E-state index is -2.95. The average molecular weight is 255 g/mol. The zero-order valence-electron chi connectivity index (χ0n) is 15.9. The summed E-state index contributed by atoms with van der Waals surface area (Å²) in [6.45, 7) is 1.70. The monoisotopic (exact) mass is 255 g/mol. The van der Waals surface area contributed by atoms with Crippen LogP contribution in [0.1, 0.15) is 41.4 Å². The second kappa shape index (κ2) is 4.51. The molecule has 6 heteroatoms. The molecular weight excluding hydrogens is 231 g/mol. The Hall–Kier alpha value is -1.14. The largest absolute Gasteiger partial charge is 0.516 e. The Morgan fingerprint density at radius 2 is 2.00 bits per heavy atom. The topological polar surface area (TPSA) is 53.5 Å².